The molecule has 0 bridgehead atoms. The number of aromatic nitrogens is 2. The number of carbonyl (C=O) groups is 1. The summed E-state index contributed by atoms with van der Waals surface area (Å²) in [6.45, 7) is 6.51. The van der Waals surface area contributed by atoms with Crippen LogP contribution < -0.4 is 16.2 Å². The third kappa shape index (κ3) is 2.67. The van der Waals surface area contributed by atoms with Crippen molar-refractivity contribution in [2.24, 2.45) is 5.84 Å². The van der Waals surface area contributed by atoms with Crippen molar-refractivity contribution in [3.63, 3.8) is 0 Å². The maximum atomic E-state index is 11.3. The van der Waals surface area contributed by atoms with Crippen molar-refractivity contribution < 1.29 is 4.79 Å². The van der Waals surface area contributed by atoms with Gasteiger partial charge < -0.3 is 9.80 Å². The van der Waals surface area contributed by atoms with Gasteiger partial charge in [-0.1, -0.05) is 0 Å². The minimum Gasteiger partial charge on any atom is -0.353 e. The van der Waals surface area contributed by atoms with Crippen LogP contribution in [-0.2, 0) is 4.79 Å². The molecule has 3 N–H and O–H groups in total. The van der Waals surface area contributed by atoms with Gasteiger partial charge in [0.05, 0.1) is 0 Å². The summed E-state index contributed by atoms with van der Waals surface area (Å²) in [6.07, 6.45) is 0. The van der Waals surface area contributed by atoms with Crippen LogP contribution in [-0.4, -0.2) is 47.0 Å². The number of nitrogens with zero attached hydrogens (tertiary/aromatic N) is 4. The molecule has 1 amide bonds. The van der Waals surface area contributed by atoms with E-state index in [0.29, 0.717) is 5.95 Å². The molecular weight excluding hydrogens is 232 g/mol. The summed E-state index contributed by atoms with van der Waals surface area (Å²) >= 11 is 0. The largest absolute Gasteiger partial charge is 0.353 e. The number of hydrogen-bond acceptors (Lipinski definition) is 6. The second-order valence-corrected chi connectivity index (χ2v) is 4.33. The number of piperazine rings is 1. The molecule has 0 aliphatic carbocycles. The van der Waals surface area contributed by atoms with Crippen LogP contribution in [0.5, 0.6) is 0 Å². The fourth-order valence-electron chi connectivity index (χ4n) is 2.03. The van der Waals surface area contributed by atoms with E-state index in [2.05, 4.69) is 20.3 Å². The van der Waals surface area contributed by atoms with Crippen molar-refractivity contribution in [3.8, 4) is 0 Å². The zero-order valence-electron chi connectivity index (χ0n) is 10.7. The summed E-state index contributed by atoms with van der Waals surface area (Å²) in [5.74, 6) is 6.72. The molecule has 1 saturated heterocycles. The molecule has 1 aromatic heterocycles. The molecule has 1 aliphatic heterocycles. The maximum Gasteiger partial charge on any atom is 0.239 e. The SMILES string of the molecule is CC(=O)N1CCN(c2cc(C)nc(NN)n2)CC1. The molecule has 0 aromatic carbocycles. The summed E-state index contributed by atoms with van der Waals surface area (Å²) in [7, 11) is 0. The standard InChI is InChI=1S/C11H18N6O/c1-8-7-10(14-11(13-8)15-12)17-5-3-16(4-6-17)9(2)18/h7H,3-6,12H2,1-2H3,(H,13,14,15). The summed E-state index contributed by atoms with van der Waals surface area (Å²) in [6, 6.07) is 1.92. The normalized spacial score (nSPS) is 15.7. The Hall–Kier alpha value is -1.89. The second-order valence-electron chi connectivity index (χ2n) is 4.33. The van der Waals surface area contributed by atoms with Crippen LogP contribution in [0.25, 0.3) is 0 Å². The van der Waals surface area contributed by atoms with Crippen LogP contribution in [0.1, 0.15) is 12.6 Å². The van der Waals surface area contributed by atoms with Crippen molar-refractivity contribution in [2.45, 2.75) is 13.8 Å². The number of amides is 1. The third-order valence-electron chi connectivity index (χ3n) is 3.02. The van der Waals surface area contributed by atoms with Crippen LogP contribution in [0.4, 0.5) is 11.8 Å². The number of rotatable bonds is 2. The van der Waals surface area contributed by atoms with Crippen molar-refractivity contribution in [2.75, 3.05) is 36.5 Å². The lowest BCUT2D eigenvalue weighted by Gasteiger charge is -2.35. The summed E-state index contributed by atoms with van der Waals surface area (Å²) in [5, 5.41) is 0. The van der Waals surface area contributed by atoms with E-state index in [4.69, 9.17) is 5.84 Å². The molecular formula is C11H18N6O. The molecule has 2 heterocycles. The van der Waals surface area contributed by atoms with Gasteiger partial charge in [-0.05, 0) is 6.92 Å². The predicted molar refractivity (Wildman–Crippen MR) is 69.0 cm³/mol. The molecule has 0 unspecified atom stereocenters. The van der Waals surface area contributed by atoms with Gasteiger partial charge in [-0.25, -0.2) is 10.8 Å². The average Bonchev–Trinajstić information content (AvgIpc) is 2.38. The first-order chi connectivity index (χ1) is 8.60. The molecule has 0 spiro atoms. The number of aryl methyl sites for hydroxylation is 1. The van der Waals surface area contributed by atoms with Gasteiger partial charge in [0.1, 0.15) is 5.82 Å². The average molecular weight is 250 g/mol. The third-order valence-corrected chi connectivity index (χ3v) is 3.02. The molecule has 98 valence electrons. The van der Waals surface area contributed by atoms with Crippen molar-refractivity contribution in [1.82, 2.24) is 14.9 Å². The number of carbonyl (C=O) groups excluding carboxylic acids is 1. The quantitative estimate of drug-likeness (QED) is 0.555. The van der Waals surface area contributed by atoms with E-state index in [-0.39, 0.29) is 5.91 Å². The van der Waals surface area contributed by atoms with Crippen LogP contribution in [0.15, 0.2) is 6.07 Å². The topological polar surface area (TPSA) is 87.4 Å². The van der Waals surface area contributed by atoms with E-state index in [1.165, 1.54) is 0 Å². The van der Waals surface area contributed by atoms with Gasteiger partial charge in [-0.15, -0.1) is 0 Å². The Morgan fingerprint density at radius 2 is 2.00 bits per heavy atom. The highest BCUT2D eigenvalue weighted by Gasteiger charge is 2.20. The zero-order chi connectivity index (χ0) is 13.1. The van der Waals surface area contributed by atoms with Gasteiger partial charge in [0.15, 0.2) is 0 Å². The highest BCUT2D eigenvalue weighted by molar-refractivity contribution is 5.73. The Morgan fingerprint density at radius 3 is 2.56 bits per heavy atom. The number of anilines is 2. The van der Waals surface area contributed by atoms with Gasteiger partial charge in [0.2, 0.25) is 11.9 Å². The Kier molecular flexibility index (Phi) is 3.61. The smallest absolute Gasteiger partial charge is 0.239 e. The van der Waals surface area contributed by atoms with E-state index < -0.39 is 0 Å². The first-order valence-electron chi connectivity index (χ1n) is 5.93. The molecule has 1 aromatic rings. The number of nitrogens with one attached hydrogen (secondary N) is 1. The first kappa shape index (κ1) is 12.6. The van der Waals surface area contributed by atoms with Gasteiger partial charge in [-0.2, -0.15) is 4.98 Å². The molecule has 1 aliphatic rings. The van der Waals surface area contributed by atoms with E-state index in [0.717, 1.165) is 37.7 Å². The lowest BCUT2D eigenvalue weighted by atomic mass is 10.3. The fourth-order valence-corrected chi connectivity index (χ4v) is 2.03. The first-order valence-corrected chi connectivity index (χ1v) is 5.93. The van der Waals surface area contributed by atoms with Gasteiger partial charge in [-0.3, -0.25) is 10.2 Å². The van der Waals surface area contributed by atoms with E-state index in [9.17, 15) is 4.79 Å². The van der Waals surface area contributed by atoms with Crippen LogP contribution in [0.3, 0.4) is 0 Å². The molecule has 2 rings (SSSR count). The van der Waals surface area contributed by atoms with E-state index >= 15 is 0 Å². The van der Waals surface area contributed by atoms with E-state index in [1.807, 2.05) is 17.9 Å². The van der Waals surface area contributed by atoms with Gasteiger partial charge in [0, 0.05) is 44.9 Å². The van der Waals surface area contributed by atoms with Crippen molar-refractivity contribution >= 4 is 17.7 Å². The van der Waals surface area contributed by atoms with Crippen LogP contribution >= 0.6 is 0 Å². The second kappa shape index (κ2) is 5.18. The molecule has 18 heavy (non-hydrogen) atoms. The molecule has 1 fully saturated rings. The number of hydrogen-bond donors (Lipinski definition) is 2. The van der Waals surface area contributed by atoms with E-state index in [1.54, 1.807) is 6.92 Å². The molecule has 0 atom stereocenters. The minimum absolute atomic E-state index is 0.123. The Bertz CT molecular complexity index is 441. The lowest BCUT2D eigenvalue weighted by molar-refractivity contribution is -0.129. The fraction of sp³-hybridized carbons (Fsp3) is 0.545. The monoisotopic (exact) mass is 250 g/mol. The zero-order valence-corrected chi connectivity index (χ0v) is 10.7. The van der Waals surface area contributed by atoms with Crippen molar-refractivity contribution in [3.05, 3.63) is 11.8 Å². The molecule has 0 saturated carbocycles. The molecule has 7 heteroatoms. The van der Waals surface area contributed by atoms with Gasteiger partial charge >= 0.3 is 0 Å². The maximum absolute atomic E-state index is 11.3. The van der Waals surface area contributed by atoms with Crippen molar-refractivity contribution in [1.29, 1.82) is 0 Å². The Balaban J connectivity index is 2.09. The highest BCUT2D eigenvalue weighted by atomic mass is 16.2. The number of hydrazine groups is 1. The predicted octanol–water partition coefficient (Wildman–Crippen LogP) is -0.261. The van der Waals surface area contributed by atoms with Crippen LogP contribution in [0, 0.1) is 6.92 Å². The number of nitrogen functional groups attached to an aromatic ring is 1. The van der Waals surface area contributed by atoms with Crippen LogP contribution in [0.2, 0.25) is 0 Å². The molecule has 7 nitrogen and oxygen atoms in total. The summed E-state index contributed by atoms with van der Waals surface area (Å²) in [4.78, 5) is 23.7. The Labute approximate surface area is 106 Å². The minimum atomic E-state index is 0.123. The van der Waals surface area contributed by atoms with Gasteiger partial charge in [0.25, 0.3) is 0 Å². The summed E-state index contributed by atoms with van der Waals surface area (Å²) in [5.41, 5.74) is 3.32. The lowest BCUT2D eigenvalue weighted by Crippen LogP contribution is -2.48. The molecule has 0 radical (unpaired) electrons. The highest BCUT2D eigenvalue weighted by Crippen LogP contribution is 2.16. The number of nitrogens with two attached hydrogens (primary N) is 1. The Morgan fingerprint density at radius 1 is 1.33 bits per heavy atom. The summed E-state index contributed by atoms with van der Waals surface area (Å²) < 4.78 is 0.